The molecule has 0 saturated carbocycles. The first kappa shape index (κ1) is 22.7. The number of methoxy groups -OCH3 is 1. The van der Waals surface area contributed by atoms with Gasteiger partial charge in [0.15, 0.2) is 6.10 Å². The van der Waals surface area contributed by atoms with Gasteiger partial charge in [-0.3, -0.25) is 14.9 Å². The molecule has 0 aliphatic rings. The van der Waals surface area contributed by atoms with Crippen molar-refractivity contribution in [1.29, 1.82) is 0 Å². The highest BCUT2D eigenvalue weighted by atomic mass is 16.6. The van der Waals surface area contributed by atoms with Gasteiger partial charge >= 0.3 is 5.97 Å². The molecule has 0 saturated heterocycles. The first-order valence-electron chi connectivity index (χ1n) is 9.42. The summed E-state index contributed by atoms with van der Waals surface area (Å²) in [5, 5.41) is 13.5. The van der Waals surface area contributed by atoms with Crippen molar-refractivity contribution in [1.82, 2.24) is 0 Å². The lowest BCUT2D eigenvalue weighted by Gasteiger charge is -2.16. The molecule has 0 spiro atoms. The largest absolute Gasteiger partial charge is 0.495 e. The van der Waals surface area contributed by atoms with E-state index in [0.717, 1.165) is 12.8 Å². The molecule has 0 fully saturated rings. The summed E-state index contributed by atoms with van der Waals surface area (Å²) in [7, 11) is 1.39. The molecule has 30 heavy (non-hydrogen) atoms. The first-order chi connectivity index (χ1) is 14.3. The number of nitro groups is 1. The fourth-order valence-electron chi connectivity index (χ4n) is 2.46. The number of non-ortho nitro benzene ring substituents is 1. The maximum atomic E-state index is 12.5. The number of hydrogen-bond donors (Lipinski definition) is 1. The number of nitrogens with one attached hydrogen (secondary N) is 1. The minimum absolute atomic E-state index is 0.164. The Morgan fingerprint density at radius 2 is 1.87 bits per heavy atom. The highest BCUT2D eigenvalue weighted by Crippen LogP contribution is 2.29. The molecule has 0 aliphatic heterocycles. The summed E-state index contributed by atoms with van der Waals surface area (Å²) in [6, 6.07) is 10.1. The van der Waals surface area contributed by atoms with Crippen molar-refractivity contribution in [3.8, 4) is 11.5 Å². The molecular formula is C21H24N2O7. The standard InChI is InChI=1S/C21H24N2O7/c1-4-5-12-29-21(25)15-6-9-17(10-7-15)30-14(2)20(24)22-18-13-16(23(26)27)8-11-19(18)28-3/h6-11,13-14H,4-5,12H2,1-3H3,(H,22,24)/t14-/m0/s1. The normalized spacial score (nSPS) is 11.3. The molecule has 1 amide bonds. The minimum atomic E-state index is -0.906. The third-order valence-corrected chi connectivity index (χ3v) is 4.15. The number of rotatable bonds is 10. The fourth-order valence-corrected chi connectivity index (χ4v) is 2.46. The van der Waals surface area contributed by atoms with E-state index in [1.54, 1.807) is 24.3 Å². The summed E-state index contributed by atoms with van der Waals surface area (Å²) in [6.45, 7) is 3.91. The van der Waals surface area contributed by atoms with E-state index in [1.165, 1.54) is 32.2 Å². The number of carbonyl (C=O) groups excluding carboxylic acids is 2. The van der Waals surface area contributed by atoms with Crippen LogP contribution in [0.3, 0.4) is 0 Å². The molecule has 0 aliphatic carbocycles. The van der Waals surface area contributed by atoms with Crippen LogP contribution >= 0.6 is 0 Å². The number of unbranched alkanes of at least 4 members (excludes halogenated alkanes) is 1. The molecule has 0 heterocycles. The minimum Gasteiger partial charge on any atom is -0.495 e. The molecule has 2 aromatic carbocycles. The second-order valence-corrected chi connectivity index (χ2v) is 6.40. The van der Waals surface area contributed by atoms with Crippen LogP contribution in [-0.2, 0) is 9.53 Å². The number of carbonyl (C=O) groups is 2. The number of esters is 1. The molecule has 2 rings (SSSR count). The van der Waals surface area contributed by atoms with Crippen molar-refractivity contribution in [2.24, 2.45) is 0 Å². The van der Waals surface area contributed by atoms with Gasteiger partial charge in [0.25, 0.3) is 11.6 Å². The van der Waals surface area contributed by atoms with Crippen LogP contribution < -0.4 is 14.8 Å². The van der Waals surface area contributed by atoms with Crippen LogP contribution in [0.2, 0.25) is 0 Å². The summed E-state index contributed by atoms with van der Waals surface area (Å²) < 4.78 is 15.9. The highest BCUT2D eigenvalue weighted by Gasteiger charge is 2.19. The Labute approximate surface area is 174 Å². The van der Waals surface area contributed by atoms with Crippen LogP contribution in [0.1, 0.15) is 37.0 Å². The van der Waals surface area contributed by atoms with Gasteiger partial charge in [-0.1, -0.05) is 13.3 Å². The van der Waals surface area contributed by atoms with E-state index in [1.807, 2.05) is 6.92 Å². The topological polar surface area (TPSA) is 117 Å². The van der Waals surface area contributed by atoms with E-state index < -0.39 is 22.9 Å². The van der Waals surface area contributed by atoms with Crippen LogP contribution in [0, 0.1) is 10.1 Å². The van der Waals surface area contributed by atoms with Gasteiger partial charge in [-0.05, 0) is 43.7 Å². The average Bonchev–Trinajstić information content (AvgIpc) is 2.74. The van der Waals surface area contributed by atoms with Gasteiger partial charge < -0.3 is 19.5 Å². The van der Waals surface area contributed by atoms with Crippen molar-refractivity contribution >= 4 is 23.3 Å². The second kappa shape index (κ2) is 10.8. The molecule has 1 N–H and O–H groups in total. The Kier molecular flexibility index (Phi) is 8.16. The van der Waals surface area contributed by atoms with Crippen LogP contribution in [0.15, 0.2) is 42.5 Å². The molecule has 160 valence electrons. The van der Waals surface area contributed by atoms with Gasteiger partial charge in [-0.25, -0.2) is 4.79 Å². The molecule has 1 atom stereocenters. The number of ether oxygens (including phenoxy) is 3. The number of hydrogen-bond acceptors (Lipinski definition) is 7. The lowest BCUT2D eigenvalue weighted by atomic mass is 10.2. The van der Waals surface area contributed by atoms with Crippen LogP contribution in [0.25, 0.3) is 0 Å². The zero-order chi connectivity index (χ0) is 22.1. The molecule has 0 bridgehead atoms. The van der Waals surface area contributed by atoms with E-state index in [4.69, 9.17) is 14.2 Å². The van der Waals surface area contributed by atoms with Crippen LogP contribution in [0.5, 0.6) is 11.5 Å². The van der Waals surface area contributed by atoms with Gasteiger partial charge in [0.2, 0.25) is 0 Å². The summed E-state index contributed by atoms with van der Waals surface area (Å²) in [5.41, 5.74) is 0.371. The summed E-state index contributed by atoms with van der Waals surface area (Å²) in [6.07, 6.45) is 0.827. The predicted molar refractivity (Wildman–Crippen MR) is 110 cm³/mol. The third kappa shape index (κ3) is 6.20. The van der Waals surface area contributed by atoms with Crippen molar-refractivity contribution < 1.29 is 28.7 Å². The SMILES string of the molecule is CCCCOC(=O)c1ccc(O[C@@H](C)C(=O)Nc2cc([N+](=O)[O-])ccc2OC)cc1. The van der Waals surface area contributed by atoms with E-state index in [-0.39, 0.29) is 17.1 Å². The van der Waals surface area contributed by atoms with Gasteiger partial charge in [0, 0.05) is 12.1 Å². The predicted octanol–water partition coefficient (Wildman–Crippen LogP) is 3.97. The molecule has 9 heteroatoms. The number of benzene rings is 2. The molecule has 2 aromatic rings. The van der Waals surface area contributed by atoms with Gasteiger partial charge in [0.05, 0.1) is 29.9 Å². The monoisotopic (exact) mass is 416 g/mol. The zero-order valence-corrected chi connectivity index (χ0v) is 17.0. The number of amides is 1. The van der Waals surface area contributed by atoms with Crippen molar-refractivity contribution in [2.45, 2.75) is 32.8 Å². The molecular weight excluding hydrogens is 392 g/mol. The number of anilines is 1. The second-order valence-electron chi connectivity index (χ2n) is 6.40. The molecule has 0 unspecified atom stereocenters. The number of nitrogens with zero attached hydrogens (tertiary/aromatic N) is 1. The van der Waals surface area contributed by atoms with Crippen molar-refractivity contribution in [3.63, 3.8) is 0 Å². The Balaban J connectivity index is 2.00. The quantitative estimate of drug-likeness (QED) is 0.269. The van der Waals surface area contributed by atoms with Gasteiger partial charge in [-0.15, -0.1) is 0 Å². The maximum absolute atomic E-state index is 12.5. The van der Waals surface area contributed by atoms with Gasteiger partial charge in [0.1, 0.15) is 11.5 Å². The van der Waals surface area contributed by atoms with Crippen molar-refractivity contribution in [2.75, 3.05) is 19.0 Å². The first-order valence-corrected chi connectivity index (χ1v) is 9.42. The van der Waals surface area contributed by atoms with Gasteiger partial charge in [-0.2, -0.15) is 0 Å². The van der Waals surface area contributed by atoms with E-state index in [9.17, 15) is 19.7 Å². The fraction of sp³-hybridized carbons (Fsp3) is 0.333. The Morgan fingerprint density at radius 1 is 1.17 bits per heavy atom. The van der Waals surface area contributed by atoms with E-state index in [2.05, 4.69) is 5.32 Å². The maximum Gasteiger partial charge on any atom is 0.338 e. The highest BCUT2D eigenvalue weighted by molar-refractivity contribution is 5.95. The van der Waals surface area contributed by atoms with Crippen LogP contribution in [-0.4, -0.2) is 36.6 Å². The van der Waals surface area contributed by atoms with Crippen LogP contribution in [0.4, 0.5) is 11.4 Å². The van der Waals surface area contributed by atoms with E-state index in [0.29, 0.717) is 17.9 Å². The zero-order valence-electron chi connectivity index (χ0n) is 17.0. The van der Waals surface area contributed by atoms with Crippen molar-refractivity contribution in [3.05, 3.63) is 58.1 Å². The average molecular weight is 416 g/mol. The smallest absolute Gasteiger partial charge is 0.338 e. The van der Waals surface area contributed by atoms with E-state index >= 15 is 0 Å². The summed E-state index contributed by atoms with van der Waals surface area (Å²) >= 11 is 0. The third-order valence-electron chi connectivity index (χ3n) is 4.15. The molecule has 0 aromatic heterocycles. The summed E-state index contributed by atoms with van der Waals surface area (Å²) in [5.74, 6) is -0.267. The lowest BCUT2D eigenvalue weighted by Crippen LogP contribution is -2.30. The molecule has 9 nitrogen and oxygen atoms in total. The molecule has 0 radical (unpaired) electrons. The Morgan fingerprint density at radius 3 is 2.47 bits per heavy atom. The summed E-state index contributed by atoms with van der Waals surface area (Å²) in [4.78, 5) is 34.8. The number of nitro benzene ring substituents is 1. The Bertz CT molecular complexity index is 897. The Hall–Kier alpha value is -3.62. The lowest BCUT2D eigenvalue weighted by molar-refractivity contribution is -0.384.